The van der Waals surface area contributed by atoms with Crippen LogP contribution in [-0.2, 0) is 0 Å². The number of piperazine rings is 1. The van der Waals surface area contributed by atoms with Crippen LogP contribution in [0.3, 0.4) is 0 Å². The van der Waals surface area contributed by atoms with E-state index in [-0.39, 0.29) is 0 Å². The monoisotopic (exact) mass is 380 g/mol. The highest BCUT2D eigenvalue weighted by Crippen LogP contribution is 2.27. The molecule has 1 aliphatic heterocycles. The van der Waals surface area contributed by atoms with Gasteiger partial charge in [0, 0.05) is 38.1 Å². The van der Waals surface area contributed by atoms with Crippen LogP contribution in [0.1, 0.15) is 17.8 Å². The summed E-state index contributed by atoms with van der Waals surface area (Å²) in [5, 5.41) is 0.823. The minimum absolute atomic E-state index is 0.401. The van der Waals surface area contributed by atoms with E-state index in [1.165, 1.54) is 5.56 Å². The van der Waals surface area contributed by atoms with Crippen molar-refractivity contribution in [2.75, 3.05) is 37.6 Å². The average Bonchev–Trinajstić information content (AvgIpc) is 2.74. The molecule has 3 aromatic rings. The van der Waals surface area contributed by atoms with Gasteiger partial charge in [0.25, 0.3) is 6.43 Å². The third-order valence-corrected chi connectivity index (χ3v) is 4.94. The number of para-hydroxylation sites is 1. The first kappa shape index (κ1) is 18.5. The number of halogens is 2. The van der Waals surface area contributed by atoms with Crippen LogP contribution in [0.4, 0.5) is 14.6 Å². The highest BCUT2D eigenvalue weighted by molar-refractivity contribution is 5.89. The van der Waals surface area contributed by atoms with Crippen molar-refractivity contribution in [3.63, 3.8) is 0 Å². The second-order valence-electron chi connectivity index (χ2n) is 6.82. The maximum absolute atomic E-state index is 13.2. The van der Waals surface area contributed by atoms with Crippen molar-refractivity contribution in [1.82, 2.24) is 14.9 Å². The van der Waals surface area contributed by atoms with E-state index in [1.807, 2.05) is 36.4 Å². The Kier molecular flexibility index (Phi) is 5.58. The normalized spacial score (nSPS) is 15.8. The van der Waals surface area contributed by atoms with Crippen LogP contribution < -0.4 is 4.90 Å². The summed E-state index contributed by atoms with van der Waals surface area (Å²) in [6.45, 7) is 4.10. The molecule has 4 nitrogen and oxygen atoms in total. The summed E-state index contributed by atoms with van der Waals surface area (Å²) in [7, 11) is 0. The zero-order chi connectivity index (χ0) is 19.3. The maximum Gasteiger partial charge on any atom is 0.297 e. The molecule has 1 aromatic heterocycles. The van der Waals surface area contributed by atoms with Crippen molar-refractivity contribution in [2.45, 2.75) is 6.43 Å². The number of nitrogens with zero attached hydrogens (tertiary/aromatic N) is 4. The first-order valence-electron chi connectivity index (χ1n) is 9.44. The van der Waals surface area contributed by atoms with Crippen LogP contribution >= 0.6 is 0 Å². The number of alkyl halides is 2. The lowest BCUT2D eigenvalue weighted by Gasteiger charge is -2.35. The topological polar surface area (TPSA) is 32.3 Å². The number of fused-ring (bicyclic) bond motifs is 1. The van der Waals surface area contributed by atoms with Crippen molar-refractivity contribution in [2.24, 2.45) is 0 Å². The fraction of sp³-hybridized carbons (Fsp3) is 0.273. The zero-order valence-corrected chi connectivity index (χ0v) is 15.5. The highest BCUT2D eigenvalue weighted by atomic mass is 19.3. The Balaban J connectivity index is 1.44. The van der Waals surface area contributed by atoms with Crippen molar-refractivity contribution in [3.8, 4) is 0 Å². The molecule has 0 unspecified atom stereocenters. The molecule has 1 fully saturated rings. The summed E-state index contributed by atoms with van der Waals surface area (Å²) in [4.78, 5) is 12.6. The molecule has 0 spiro atoms. The second kappa shape index (κ2) is 8.44. The molecule has 0 N–H and O–H groups in total. The van der Waals surface area contributed by atoms with Crippen molar-refractivity contribution < 1.29 is 8.78 Å². The summed E-state index contributed by atoms with van der Waals surface area (Å²) in [6.07, 6.45) is 1.62. The molecule has 0 saturated carbocycles. The summed E-state index contributed by atoms with van der Waals surface area (Å²) in [5.74, 6) is 0.210. The van der Waals surface area contributed by atoms with E-state index in [0.29, 0.717) is 11.3 Å². The van der Waals surface area contributed by atoms with Gasteiger partial charge in [-0.3, -0.25) is 4.90 Å². The largest absolute Gasteiger partial charge is 0.353 e. The second-order valence-corrected chi connectivity index (χ2v) is 6.82. The molecule has 0 aliphatic carbocycles. The molecular formula is C22H22F2N4. The molecule has 2 heterocycles. The van der Waals surface area contributed by atoms with Crippen LogP contribution in [0.5, 0.6) is 0 Å². The van der Waals surface area contributed by atoms with Gasteiger partial charge in [0.2, 0.25) is 0 Å². The van der Waals surface area contributed by atoms with Gasteiger partial charge in [0.05, 0.1) is 5.52 Å². The minimum Gasteiger partial charge on any atom is -0.353 e. The number of anilines is 1. The predicted octanol–water partition coefficient (Wildman–Crippen LogP) is 4.40. The van der Waals surface area contributed by atoms with Crippen LogP contribution in [0.25, 0.3) is 17.0 Å². The molecule has 1 saturated heterocycles. The molecule has 2 aromatic carbocycles. The Morgan fingerprint density at radius 2 is 1.61 bits per heavy atom. The van der Waals surface area contributed by atoms with Gasteiger partial charge in [-0.25, -0.2) is 18.7 Å². The molecular weight excluding hydrogens is 358 g/mol. The Morgan fingerprint density at radius 1 is 0.893 bits per heavy atom. The summed E-state index contributed by atoms with van der Waals surface area (Å²) >= 11 is 0. The molecule has 6 heteroatoms. The number of rotatable bonds is 5. The van der Waals surface area contributed by atoms with Gasteiger partial charge in [-0.05, 0) is 17.7 Å². The van der Waals surface area contributed by atoms with E-state index in [0.717, 1.165) is 38.1 Å². The van der Waals surface area contributed by atoms with Gasteiger partial charge >= 0.3 is 0 Å². The van der Waals surface area contributed by atoms with Crippen LogP contribution in [-0.4, -0.2) is 47.6 Å². The quantitative estimate of drug-likeness (QED) is 0.657. The Labute approximate surface area is 163 Å². The molecule has 0 bridgehead atoms. The number of aromatic nitrogens is 2. The fourth-order valence-corrected chi connectivity index (χ4v) is 3.46. The van der Waals surface area contributed by atoms with Gasteiger partial charge in [-0.15, -0.1) is 0 Å². The lowest BCUT2D eigenvalue weighted by Crippen LogP contribution is -2.46. The molecule has 4 rings (SSSR count). The van der Waals surface area contributed by atoms with E-state index < -0.39 is 12.2 Å². The number of hydrogen-bond donors (Lipinski definition) is 0. The van der Waals surface area contributed by atoms with Gasteiger partial charge in [-0.1, -0.05) is 54.6 Å². The van der Waals surface area contributed by atoms with Crippen LogP contribution in [0.2, 0.25) is 0 Å². The Hall–Kier alpha value is -2.86. The third kappa shape index (κ3) is 4.17. The van der Waals surface area contributed by atoms with Crippen molar-refractivity contribution >= 4 is 22.8 Å². The van der Waals surface area contributed by atoms with Gasteiger partial charge < -0.3 is 4.90 Å². The molecule has 1 aliphatic rings. The van der Waals surface area contributed by atoms with E-state index in [4.69, 9.17) is 0 Å². The molecule has 28 heavy (non-hydrogen) atoms. The van der Waals surface area contributed by atoms with Crippen molar-refractivity contribution in [3.05, 3.63) is 72.1 Å². The van der Waals surface area contributed by atoms with Gasteiger partial charge in [0.15, 0.2) is 5.82 Å². The Morgan fingerprint density at radius 3 is 2.36 bits per heavy atom. The standard InChI is InChI=1S/C22H22F2N4/c23-20(24)21-25-19-11-5-4-10-18(19)22(26-21)28-15-13-27(14-16-28)12-6-9-17-7-2-1-3-8-17/h1-11,20H,12-16H2/b9-6+. The molecule has 0 radical (unpaired) electrons. The van der Waals surface area contributed by atoms with Gasteiger partial charge in [0.1, 0.15) is 5.82 Å². The van der Waals surface area contributed by atoms with Crippen LogP contribution in [0, 0.1) is 0 Å². The SMILES string of the molecule is FC(F)c1nc(N2CCN(C/C=C/c3ccccc3)CC2)c2ccccc2n1. The fourth-order valence-electron chi connectivity index (χ4n) is 3.46. The maximum atomic E-state index is 13.2. The summed E-state index contributed by atoms with van der Waals surface area (Å²) < 4.78 is 26.4. The lowest BCUT2D eigenvalue weighted by molar-refractivity contribution is 0.141. The summed E-state index contributed by atoms with van der Waals surface area (Å²) in [5.41, 5.74) is 1.75. The minimum atomic E-state index is -2.67. The zero-order valence-electron chi connectivity index (χ0n) is 15.5. The van der Waals surface area contributed by atoms with Crippen molar-refractivity contribution in [1.29, 1.82) is 0 Å². The smallest absolute Gasteiger partial charge is 0.297 e. The summed E-state index contributed by atoms with van der Waals surface area (Å²) in [6, 6.07) is 17.6. The average molecular weight is 380 g/mol. The molecule has 0 atom stereocenters. The van der Waals surface area contributed by atoms with Gasteiger partial charge in [-0.2, -0.15) is 0 Å². The van der Waals surface area contributed by atoms with Crippen LogP contribution in [0.15, 0.2) is 60.7 Å². The van der Waals surface area contributed by atoms with E-state index in [1.54, 1.807) is 6.07 Å². The number of hydrogen-bond acceptors (Lipinski definition) is 4. The highest BCUT2D eigenvalue weighted by Gasteiger charge is 2.22. The number of benzene rings is 2. The first-order valence-corrected chi connectivity index (χ1v) is 9.44. The predicted molar refractivity (Wildman–Crippen MR) is 109 cm³/mol. The first-order chi connectivity index (χ1) is 13.7. The Bertz CT molecular complexity index is 951. The van der Waals surface area contributed by atoms with E-state index in [9.17, 15) is 8.78 Å². The lowest BCUT2D eigenvalue weighted by atomic mass is 10.2. The van der Waals surface area contributed by atoms with E-state index >= 15 is 0 Å². The molecule has 0 amide bonds. The molecule has 144 valence electrons. The third-order valence-electron chi connectivity index (χ3n) is 4.94. The van der Waals surface area contributed by atoms with E-state index in [2.05, 4.69) is 44.1 Å².